The number of hydrogen-bond acceptors (Lipinski definition) is 5. The highest BCUT2D eigenvalue weighted by atomic mass is 79.9. The Hall–Kier alpha value is -3.20. The first-order chi connectivity index (χ1) is 15.0. The Morgan fingerprint density at radius 1 is 1.09 bits per heavy atom. The minimum Gasteiger partial charge on any atom is -0.465 e. The van der Waals surface area contributed by atoms with Crippen LogP contribution in [0.25, 0.3) is 33.5 Å². The van der Waals surface area contributed by atoms with Crippen molar-refractivity contribution in [3.8, 4) is 11.5 Å². The van der Waals surface area contributed by atoms with Crippen molar-refractivity contribution in [1.29, 1.82) is 0 Å². The smallest absolute Gasteiger partial charge is 0.419 e. The standard InChI is InChI=1S/C23H21BrFN3O4/c1-23(2,3)32-22(30)28-17-9-13(24)7-6-12(17)8-19(28)20-26-16-10-14(21(29)31-5)15(25)11-18(16)27(20)4/h6-11H,1-5H3. The van der Waals surface area contributed by atoms with E-state index < -0.39 is 23.5 Å². The van der Waals surface area contributed by atoms with Gasteiger partial charge >= 0.3 is 12.1 Å². The van der Waals surface area contributed by atoms with E-state index in [1.165, 1.54) is 23.8 Å². The normalized spacial score (nSPS) is 11.8. The largest absolute Gasteiger partial charge is 0.465 e. The lowest BCUT2D eigenvalue weighted by atomic mass is 10.2. The molecule has 9 heteroatoms. The molecule has 4 aromatic rings. The summed E-state index contributed by atoms with van der Waals surface area (Å²) in [6.45, 7) is 5.37. The number of nitrogens with zero attached hydrogens (tertiary/aromatic N) is 3. The molecule has 0 saturated heterocycles. The monoisotopic (exact) mass is 501 g/mol. The van der Waals surface area contributed by atoms with Crippen LogP contribution in [0, 0.1) is 5.82 Å². The van der Waals surface area contributed by atoms with Gasteiger partial charge in [-0.1, -0.05) is 22.0 Å². The predicted molar refractivity (Wildman–Crippen MR) is 122 cm³/mol. The fourth-order valence-corrected chi connectivity index (χ4v) is 3.90. The lowest BCUT2D eigenvalue weighted by molar-refractivity contribution is 0.0545. The molecule has 7 nitrogen and oxygen atoms in total. The van der Waals surface area contributed by atoms with Crippen LogP contribution in [0.3, 0.4) is 0 Å². The second-order valence-corrected chi connectivity index (χ2v) is 9.27. The fourth-order valence-electron chi connectivity index (χ4n) is 3.55. The van der Waals surface area contributed by atoms with E-state index in [0.717, 1.165) is 9.86 Å². The Balaban J connectivity index is 1.98. The minimum atomic E-state index is -0.788. The SMILES string of the molecule is COC(=O)c1cc2nc(-c3cc4ccc(Br)cc4n3C(=O)OC(C)(C)C)n(C)c2cc1F. The summed E-state index contributed by atoms with van der Waals surface area (Å²) in [6.07, 6.45) is -0.561. The van der Waals surface area contributed by atoms with E-state index in [1.54, 1.807) is 32.4 Å². The molecule has 0 amide bonds. The molecule has 0 saturated carbocycles. The van der Waals surface area contributed by atoms with Gasteiger partial charge in [-0.25, -0.2) is 23.5 Å². The van der Waals surface area contributed by atoms with Crippen LogP contribution in [0.4, 0.5) is 9.18 Å². The summed E-state index contributed by atoms with van der Waals surface area (Å²) in [6, 6.07) is 9.97. The maximum Gasteiger partial charge on any atom is 0.419 e. The van der Waals surface area contributed by atoms with Gasteiger partial charge in [0, 0.05) is 23.0 Å². The van der Waals surface area contributed by atoms with E-state index >= 15 is 0 Å². The van der Waals surface area contributed by atoms with E-state index in [4.69, 9.17) is 4.74 Å². The molecule has 0 aliphatic carbocycles. The molecule has 166 valence electrons. The van der Waals surface area contributed by atoms with Crippen molar-refractivity contribution in [2.75, 3.05) is 7.11 Å². The number of carbonyl (C=O) groups excluding carboxylic acids is 2. The highest BCUT2D eigenvalue weighted by Gasteiger charge is 2.26. The number of fused-ring (bicyclic) bond motifs is 2. The van der Waals surface area contributed by atoms with E-state index in [1.807, 2.05) is 24.3 Å². The molecule has 0 bridgehead atoms. The van der Waals surface area contributed by atoms with Crippen molar-refractivity contribution >= 4 is 49.9 Å². The Morgan fingerprint density at radius 2 is 1.81 bits per heavy atom. The number of ether oxygens (including phenoxy) is 2. The second-order valence-electron chi connectivity index (χ2n) is 8.36. The van der Waals surface area contributed by atoms with Crippen molar-refractivity contribution in [1.82, 2.24) is 14.1 Å². The number of methoxy groups -OCH3 is 1. The fraction of sp³-hybridized carbons (Fsp3) is 0.261. The van der Waals surface area contributed by atoms with Gasteiger partial charge < -0.3 is 14.0 Å². The highest BCUT2D eigenvalue weighted by Crippen LogP contribution is 2.33. The van der Waals surface area contributed by atoms with E-state index in [9.17, 15) is 14.0 Å². The van der Waals surface area contributed by atoms with Crippen LogP contribution in [-0.4, -0.2) is 38.9 Å². The molecule has 2 aromatic carbocycles. The molecule has 4 rings (SSSR count). The molecule has 0 aliphatic heterocycles. The Labute approximate surface area is 191 Å². The van der Waals surface area contributed by atoms with Crippen molar-refractivity contribution in [2.45, 2.75) is 26.4 Å². The maximum absolute atomic E-state index is 14.5. The number of imidazole rings is 1. The molecule has 2 heterocycles. The average Bonchev–Trinajstić information content (AvgIpc) is 3.23. The Morgan fingerprint density at radius 3 is 2.47 bits per heavy atom. The first-order valence-electron chi connectivity index (χ1n) is 9.79. The quantitative estimate of drug-likeness (QED) is 0.331. The molecule has 0 atom stereocenters. The number of aryl methyl sites for hydroxylation is 1. The third kappa shape index (κ3) is 3.77. The number of hydrogen-bond donors (Lipinski definition) is 0. The van der Waals surface area contributed by atoms with Crippen LogP contribution in [0.15, 0.2) is 40.9 Å². The topological polar surface area (TPSA) is 75.3 Å². The molecule has 2 aromatic heterocycles. The molecule has 0 unspecified atom stereocenters. The van der Waals surface area contributed by atoms with Crippen molar-refractivity contribution in [2.24, 2.45) is 7.05 Å². The second kappa shape index (κ2) is 7.74. The summed E-state index contributed by atoms with van der Waals surface area (Å²) in [5.74, 6) is -1.08. The maximum atomic E-state index is 14.5. The van der Waals surface area contributed by atoms with Gasteiger partial charge in [0.05, 0.1) is 34.9 Å². The van der Waals surface area contributed by atoms with Gasteiger partial charge in [-0.2, -0.15) is 0 Å². The molecule has 0 spiro atoms. The summed E-state index contributed by atoms with van der Waals surface area (Å²) in [5, 5.41) is 0.808. The number of esters is 1. The molecule has 0 radical (unpaired) electrons. The summed E-state index contributed by atoms with van der Waals surface area (Å²) in [7, 11) is 2.90. The number of rotatable bonds is 2. The molecule has 0 fully saturated rings. The van der Waals surface area contributed by atoms with Crippen LogP contribution in [0.2, 0.25) is 0 Å². The summed E-state index contributed by atoms with van der Waals surface area (Å²) in [5.41, 5.74) is 1.06. The van der Waals surface area contributed by atoms with Gasteiger partial charge in [-0.15, -0.1) is 0 Å². The van der Waals surface area contributed by atoms with Gasteiger partial charge in [0.25, 0.3) is 0 Å². The highest BCUT2D eigenvalue weighted by molar-refractivity contribution is 9.10. The van der Waals surface area contributed by atoms with Crippen LogP contribution in [0.1, 0.15) is 31.1 Å². The van der Waals surface area contributed by atoms with Crippen molar-refractivity contribution in [3.05, 3.63) is 52.3 Å². The van der Waals surface area contributed by atoms with Gasteiger partial charge in [-0.3, -0.25) is 0 Å². The van der Waals surface area contributed by atoms with Gasteiger partial charge in [0.1, 0.15) is 11.4 Å². The van der Waals surface area contributed by atoms with Crippen LogP contribution >= 0.6 is 15.9 Å². The van der Waals surface area contributed by atoms with E-state index in [2.05, 4.69) is 25.7 Å². The molecule has 32 heavy (non-hydrogen) atoms. The number of halogens is 2. The summed E-state index contributed by atoms with van der Waals surface area (Å²) < 4.78 is 28.7. The Bertz CT molecular complexity index is 1400. The van der Waals surface area contributed by atoms with E-state index in [0.29, 0.717) is 28.1 Å². The van der Waals surface area contributed by atoms with Crippen molar-refractivity contribution in [3.63, 3.8) is 0 Å². The summed E-state index contributed by atoms with van der Waals surface area (Å²) >= 11 is 3.45. The van der Waals surface area contributed by atoms with Gasteiger partial charge in [-0.05, 0) is 45.0 Å². The average molecular weight is 502 g/mol. The first kappa shape index (κ1) is 22.0. The first-order valence-corrected chi connectivity index (χ1v) is 10.6. The lowest BCUT2D eigenvalue weighted by Gasteiger charge is -2.21. The number of aromatic nitrogens is 3. The van der Waals surface area contributed by atoms with E-state index in [-0.39, 0.29) is 5.56 Å². The molecular formula is C23H21BrFN3O4. The number of carbonyl (C=O) groups is 2. The number of benzene rings is 2. The van der Waals surface area contributed by atoms with Crippen LogP contribution in [-0.2, 0) is 16.5 Å². The molecular weight excluding hydrogens is 481 g/mol. The Kier molecular flexibility index (Phi) is 5.32. The van der Waals surface area contributed by atoms with Gasteiger partial charge in [0.15, 0.2) is 5.82 Å². The molecule has 0 N–H and O–H groups in total. The van der Waals surface area contributed by atoms with Crippen LogP contribution in [0.5, 0.6) is 0 Å². The minimum absolute atomic E-state index is 0.207. The third-order valence-corrected chi connectivity index (χ3v) is 5.44. The zero-order valence-corrected chi connectivity index (χ0v) is 19.8. The van der Waals surface area contributed by atoms with Gasteiger partial charge in [0.2, 0.25) is 0 Å². The van der Waals surface area contributed by atoms with Crippen molar-refractivity contribution < 1.29 is 23.5 Å². The zero-order chi connectivity index (χ0) is 23.4. The molecule has 0 aliphatic rings. The predicted octanol–water partition coefficient (Wildman–Crippen LogP) is 5.67. The lowest BCUT2D eigenvalue weighted by Crippen LogP contribution is -2.27. The van der Waals surface area contributed by atoms with Crippen LogP contribution < -0.4 is 0 Å². The third-order valence-electron chi connectivity index (χ3n) is 4.95. The summed E-state index contributed by atoms with van der Waals surface area (Å²) in [4.78, 5) is 29.7. The zero-order valence-electron chi connectivity index (χ0n) is 18.2.